The second-order valence-corrected chi connectivity index (χ2v) is 6.09. The third-order valence-electron chi connectivity index (χ3n) is 3.64. The second-order valence-electron chi connectivity index (χ2n) is 5.06. The lowest BCUT2D eigenvalue weighted by molar-refractivity contribution is -0.393. The standard InChI is InChI=1S/C13H17N5O2S/c19-18(20)13-3-4-14-17(13)11-16-7-5-15(6-8-16)10-12-2-1-9-21-12/h1-4,9H,5-8,10-11H2. The summed E-state index contributed by atoms with van der Waals surface area (Å²) < 4.78 is 1.45. The highest BCUT2D eigenvalue weighted by molar-refractivity contribution is 7.09. The summed E-state index contributed by atoms with van der Waals surface area (Å²) in [5.41, 5.74) is 0. The van der Waals surface area contributed by atoms with Gasteiger partial charge in [0.25, 0.3) is 0 Å². The van der Waals surface area contributed by atoms with Gasteiger partial charge in [-0.2, -0.15) is 0 Å². The van der Waals surface area contributed by atoms with Gasteiger partial charge in [-0.1, -0.05) is 11.2 Å². The molecule has 1 aliphatic heterocycles. The van der Waals surface area contributed by atoms with E-state index >= 15 is 0 Å². The molecule has 0 unspecified atom stereocenters. The maximum atomic E-state index is 10.9. The first kappa shape index (κ1) is 14.2. The molecule has 0 atom stereocenters. The Hall–Kier alpha value is -1.77. The van der Waals surface area contributed by atoms with Gasteiger partial charge >= 0.3 is 5.82 Å². The normalized spacial score (nSPS) is 17.1. The lowest BCUT2D eigenvalue weighted by Gasteiger charge is -2.33. The van der Waals surface area contributed by atoms with E-state index in [1.165, 1.54) is 21.8 Å². The Balaban J connectivity index is 1.51. The molecule has 1 fully saturated rings. The van der Waals surface area contributed by atoms with Gasteiger partial charge < -0.3 is 10.1 Å². The zero-order valence-electron chi connectivity index (χ0n) is 11.6. The van der Waals surface area contributed by atoms with Gasteiger partial charge in [0.15, 0.2) is 6.67 Å². The molecule has 0 aliphatic carbocycles. The molecule has 112 valence electrons. The molecular formula is C13H17N5O2S. The molecule has 1 aliphatic rings. The van der Waals surface area contributed by atoms with Crippen LogP contribution in [0.4, 0.5) is 5.82 Å². The fourth-order valence-electron chi connectivity index (χ4n) is 2.49. The quantitative estimate of drug-likeness (QED) is 0.620. The van der Waals surface area contributed by atoms with Crippen LogP contribution in [0.25, 0.3) is 0 Å². The van der Waals surface area contributed by atoms with Crippen molar-refractivity contribution in [2.45, 2.75) is 13.2 Å². The van der Waals surface area contributed by atoms with Crippen molar-refractivity contribution < 1.29 is 4.92 Å². The Bertz CT molecular complexity index is 589. The minimum Gasteiger partial charge on any atom is -0.358 e. The molecule has 0 radical (unpaired) electrons. The highest BCUT2D eigenvalue weighted by atomic mass is 32.1. The Labute approximate surface area is 126 Å². The van der Waals surface area contributed by atoms with Gasteiger partial charge in [0.1, 0.15) is 0 Å². The molecule has 0 bridgehead atoms. The number of hydrogen-bond donors (Lipinski definition) is 0. The molecular weight excluding hydrogens is 290 g/mol. The van der Waals surface area contributed by atoms with Gasteiger partial charge in [0.2, 0.25) is 0 Å². The lowest BCUT2D eigenvalue weighted by atomic mass is 10.3. The molecule has 2 aromatic rings. The van der Waals surface area contributed by atoms with Crippen molar-refractivity contribution in [2.75, 3.05) is 26.2 Å². The van der Waals surface area contributed by atoms with Crippen LogP contribution in [0.2, 0.25) is 0 Å². The molecule has 0 saturated carbocycles. The van der Waals surface area contributed by atoms with Crippen molar-refractivity contribution in [2.24, 2.45) is 0 Å². The summed E-state index contributed by atoms with van der Waals surface area (Å²) in [6, 6.07) is 5.67. The van der Waals surface area contributed by atoms with Crippen LogP contribution in [0.5, 0.6) is 0 Å². The van der Waals surface area contributed by atoms with Gasteiger partial charge in [0.05, 0.1) is 12.3 Å². The van der Waals surface area contributed by atoms with E-state index in [9.17, 15) is 10.1 Å². The Kier molecular flexibility index (Phi) is 4.28. The predicted molar refractivity (Wildman–Crippen MR) is 80.1 cm³/mol. The SMILES string of the molecule is O=[N+]([O-])c1ccnn1CN1CCN(Cc2cccs2)CC1. The maximum Gasteiger partial charge on any atom is 0.346 e. The second kappa shape index (κ2) is 6.33. The molecule has 8 heteroatoms. The van der Waals surface area contributed by atoms with Crippen molar-refractivity contribution in [3.8, 4) is 0 Å². The average Bonchev–Trinajstić information content (AvgIpc) is 3.12. The number of rotatable bonds is 5. The van der Waals surface area contributed by atoms with Gasteiger partial charge in [0, 0.05) is 37.6 Å². The molecule has 2 aromatic heterocycles. The number of thiophene rings is 1. The van der Waals surface area contributed by atoms with Crippen LogP contribution in [0.3, 0.4) is 0 Å². The zero-order valence-corrected chi connectivity index (χ0v) is 12.4. The van der Waals surface area contributed by atoms with Crippen molar-refractivity contribution in [1.82, 2.24) is 19.6 Å². The molecule has 0 aromatic carbocycles. The van der Waals surface area contributed by atoms with E-state index in [-0.39, 0.29) is 10.7 Å². The van der Waals surface area contributed by atoms with E-state index in [1.54, 1.807) is 11.3 Å². The molecule has 21 heavy (non-hydrogen) atoms. The van der Waals surface area contributed by atoms with Crippen molar-refractivity contribution >= 4 is 17.2 Å². The molecule has 3 rings (SSSR count). The number of nitrogens with zero attached hydrogens (tertiary/aromatic N) is 5. The predicted octanol–water partition coefficient (Wildman–Crippen LogP) is 1.63. The average molecular weight is 307 g/mol. The Morgan fingerprint density at radius 2 is 2.00 bits per heavy atom. The lowest BCUT2D eigenvalue weighted by Crippen LogP contribution is -2.46. The van der Waals surface area contributed by atoms with E-state index in [0.717, 1.165) is 32.7 Å². The number of piperazine rings is 1. The smallest absolute Gasteiger partial charge is 0.346 e. The number of hydrogen-bond acceptors (Lipinski definition) is 6. The van der Waals surface area contributed by atoms with Crippen molar-refractivity contribution in [1.29, 1.82) is 0 Å². The molecule has 3 heterocycles. The zero-order chi connectivity index (χ0) is 14.7. The largest absolute Gasteiger partial charge is 0.358 e. The van der Waals surface area contributed by atoms with Crippen LogP contribution in [0.1, 0.15) is 4.88 Å². The summed E-state index contributed by atoms with van der Waals surface area (Å²) in [5, 5.41) is 17.0. The molecule has 0 spiro atoms. The van der Waals surface area contributed by atoms with E-state index in [4.69, 9.17) is 0 Å². The molecule has 0 N–H and O–H groups in total. The van der Waals surface area contributed by atoms with Crippen molar-refractivity contribution in [3.63, 3.8) is 0 Å². The molecule has 7 nitrogen and oxygen atoms in total. The minimum absolute atomic E-state index is 0.0519. The monoisotopic (exact) mass is 307 g/mol. The third-order valence-corrected chi connectivity index (χ3v) is 4.50. The van der Waals surface area contributed by atoms with Crippen LogP contribution in [0, 0.1) is 10.1 Å². The highest BCUT2D eigenvalue weighted by Gasteiger charge is 2.21. The number of nitro groups is 1. The Morgan fingerprint density at radius 1 is 1.24 bits per heavy atom. The summed E-state index contributed by atoms with van der Waals surface area (Å²) in [6.07, 6.45) is 1.48. The van der Waals surface area contributed by atoms with E-state index in [0.29, 0.717) is 6.67 Å². The number of aromatic nitrogens is 2. The van der Waals surface area contributed by atoms with Crippen LogP contribution in [-0.2, 0) is 13.2 Å². The van der Waals surface area contributed by atoms with Crippen LogP contribution < -0.4 is 0 Å². The van der Waals surface area contributed by atoms with Crippen molar-refractivity contribution in [3.05, 3.63) is 44.8 Å². The first-order valence-corrected chi connectivity index (χ1v) is 7.73. The fraction of sp³-hybridized carbons (Fsp3) is 0.462. The summed E-state index contributed by atoms with van der Waals surface area (Å²) >= 11 is 1.78. The molecule has 1 saturated heterocycles. The van der Waals surface area contributed by atoms with Crippen LogP contribution >= 0.6 is 11.3 Å². The van der Waals surface area contributed by atoms with Gasteiger partial charge in [-0.15, -0.1) is 16.0 Å². The maximum absolute atomic E-state index is 10.9. The summed E-state index contributed by atoms with van der Waals surface area (Å²) in [4.78, 5) is 16.5. The summed E-state index contributed by atoms with van der Waals surface area (Å²) in [7, 11) is 0. The Morgan fingerprint density at radius 3 is 2.67 bits per heavy atom. The summed E-state index contributed by atoms with van der Waals surface area (Å²) in [6.45, 7) is 5.24. The van der Waals surface area contributed by atoms with E-state index in [1.807, 2.05) is 0 Å². The summed E-state index contributed by atoms with van der Waals surface area (Å²) in [5.74, 6) is 0.0519. The first-order valence-electron chi connectivity index (χ1n) is 6.85. The van der Waals surface area contributed by atoms with Crippen LogP contribution in [-0.4, -0.2) is 50.7 Å². The van der Waals surface area contributed by atoms with E-state index < -0.39 is 0 Å². The van der Waals surface area contributed by atoms with Crippen LogP contribution in [0.15, 0.2) is 29.8 Å². The third kappa shape index (κ3) is 3.46. The van der Waals surface area contributed by atoms with Gasteiger partial charge in [-0.3, -0.25) is 9.80 Å². The highest BCUT2D eigenvalue weighted by Crippen LogP contribution is 2.15. The minimum atomic E-state index is -0.389. The van der Waals surface area contributed by atoms with E-state index in [2.05, 4.69) is 32.4 Å². The first-order chi connectivity index (χ1) is 10.2. The topological polar surface area (TPSA) is 67.4 Å². The molecule has 0 amide bonds. The fourth-order valence-corrected chi connectivity index (χ4v) is 3.24. The van der Waals surface area contributed by atoms with Gasteiger partial charge in [-0.05, 0) is 16.4 Å². The van der Waals surface area contributed by atoms with Gasteiger partial charge in [-0.25, -0.2) is 0 Å².